The smallest absolute Gasteiger partial charge is 0.356 e. The van der Waals surface area contributed by atoms with Gasteiger partial charge in [-0.1, -0.05) is 18.2 Å². The lowest BCUT2D eigenvalue weighted by Gasteiger charge is -2.12. The van der Waals surface area contributed by atoms with Crippen LogP contribution in [-0.4, -0.2) is 42.4 Å². The fraction of sp³-hybridized carbons (Fsp3) is 0.308. The van der Waals surface area contributed by atoms with E-state index in [-0.39, 0.29) is 12.2 Å². The molecular weight excluding hydrogens is 266 g/mol. The number of benzene rings is 1. The summed E-state index contributed by atoms with van der Waals surface area (Å²) >= 11 is 0. The van der Waals surface area contributed by atoms with Gasteiger partial charge in [0.2, 0.25) is 6.23 Å². The van der Waals surface area contributed by atoms with Crippen molar-refractivity contribution in [3.8, 4) is 0 Å². The van der Waals surface area contributed by atoms with Gasteiger partial charge in [0.15, 0.2) is 6.61 Å². The fourth-order valence-electron chi connectivity index (χ4n) is 1.27. The third kappa shape index (κ3) is 5.07. The number of hydrogen-bond donors (Lipinski definition) is 2. The highest BCUT2D eigenvalue weighted by molar-refractivity contribution is 5.96. The molecule has 20 heavy (non-hydrogen) atoms. The van der Waals surface area contributed by atoms with Crippen LogP contribution in [-0.2, 0) is 19.1 Å². The van der Waals surface area contributed by atoms with Crippen molar-refractivity contribution in [3.63, 3.8) is 0 Å². The van der Waals surface area contributed by atoms with Crippen molar-refractivity contribution in [2.45, 2.75) is 13.2 Å². The Balaban J connectivity index is 2.42. The summed E-state index contributed by atoms with van der Waals surface area (Å²) in [5, 5.41) is 11.5. The van der Waals surface area contributed by atoms with E-state index in [1.165, 1.54) is 12.1 Å². The van der Waals surface area contributed by atoms with E-state index in [1.54, 1.807) is 25.1 Å². The molecule has 7 heteroatoms. The monoisotopic (exact) mass is 281 g/mol. The van der Waals surface area contributed by atoms with Crippen molar-refractivity contribution < 1.29 is 29.0 Å². The predicted octanol–water partition coefficient (Wildman–Crippen LogP) is -0.159. The van der Waals surface area contributed by atoms with Gasteiger partial charge in [-0.25, -0.2) is 9.59 Å². The van der Waals surface area contributed by atoms with Crippen molar-refractivity contribution in [3.05, 3.63) is 35.9 Å². The first kappa shape index (κ1) is 15.6. The van der Waals surface area contributed by atoms with E-state index in [1.807, 2.05) is 5.32 Å². The highest BCUT2D eigenvalue weighted by Gasteiger charge is 2.20. The fourth-order valence-corrected chi connectivity index (χ4v) is 1.27. The Hall–Kier alpha value is -2.41. The number of ether oxygens (including phenoxy) is 2. The van der Waals surface area contributed by atoms with Crippen LogP contribution in [0.3, 0.4) is 0 Å². The van der Waals surface area contributed by atoms with Gasteiger partial charge in [-0.15, -0.1) is 0 Å². The highest BCUT2D eigenvalue weighted by atomic mass is 16.6. The maximum absolute atomic E-state index is 11.6. The minimum absolute atomic E-state index is 0.156. The number of carbonyl (C=O) groups excluding carboxylic acids is 3. The van der Waals surface area contributed by atoms with E-state index in [2.05, 4.69) is 9.47 Å². The molecule has 108 valence electrons. The zero-order chi connectivity index (χ0) is 15.0. The number of esters is 2. The third-order valence-corrected chi connectivity index (χ3v) is 2.16. The molecule has 0 radical (unpaired) electrons. The number of aliphatic hydroxyl groups is 1. The average molecular weight is 281 g/mol. The minimum atomic E-state index is -1.85. The molecule has 0 aliphatic carbocycles. The van der Waals surface area contributed by atoms with E-state index in [0.29, 0.717) is 0 Å². The summed E-state index contributed by atoms with van der Waals surface area (Å²) in [6.07, 6.45) is -1.85. The zero-order valence-corrected chi connectivity index (χ0v) is 10.9. The SMILES string of the molecule is CCOC(=O)COC(=O)C(O)NC(=O)c1ccccc1. The van der Waals surface area contributed by atoms with Crippen molar-refractivity contribution in [1.82, 2.24) is 5.32 Å². The van der Waals surface area contributed by atoms with E-state index >= 15 is 0 Å². The molecule has 0 fully saturated rings. The summed E-state index contributed by atoms with van der Waals surface area (Å²) in [5.74, 6) is -2.50. The lowest BCUT2D eigenvalue weighted by Crippen LogP contribution is -2.42. The number of aliphatic hydroxyl groups excluding tert-OH is 1. The zero-order valence-electron chi connectivity index (χ0n) is 10.9. The summed E-state index contributed by atoms with van der Waals surface area (Å²) in [6.45, 7) is 1.14. The number of amides is 1. The first-order valence-corrected chi connectivity index (χ1v) is 5.90. The maximum atomic E-state index is 11.6. The van der Waals surface area contributed by atoms with Gasteiger partial charge in [0.05, 0.1) is 6.61 Å². The van der Waals surface area contributed by atoms with Gasteiger partial charge in [-0.2, -0.15) is 0 Å². The Morgan fingerprint density at radius 3 is 2.45 bits per heavy atom. The van der Waals surface area contributed by atoms with Gasteiger partial charge in [-0.05, 0) is 19.1 Å². The summed E-state index contributed by atoms with van der Waals surface area (Å²) in [6, 6.07) is 8.04. The Kier molecular flexibility index (Phi) is 6.18. The summed E-state index contributed by atoms with van der Waals surface area (Å²) in [5.41, 5.74) is 0.282. The van der Waals surface area contributed by atoms with Gasteiger partial charge in [0.25, 0.3) is 5.91 Å². The van der Waals surface area contributed by atoms with Crippen LogP contribution in [0.5, 0.6) is 0 Å². The molecule has 0 spiro atoms. The van der Waals surface area contributed by atoms with Crippen LogP contribution in [0.1, 0.15) is 17.3 Å². The van der Waals surface area contributed by atoms with E-state index in [9.17, 15) is 19.5 Å². The second kappa shape index (κ2) is 7.90. The van der Waals surface area contributed by atoms with Gasteiger partial charge in [0.1, 0.15) is 0 Å². The van der Waals surface area contributed by atoms with Gasteiger partial charge in [-0.3, -0.25) is 4.79 Å². The molecule has 1 aromatic carbocycles. The third-order valence-electron chi connectivity index (χ3n) is 2.16. The highest BCUT2D eigenvalue weighted by Crippen LogP contribution is 1.99. The first-order valence-electron chi connectivity index (χ1n) is 5.90. The molecule has 1 amide bonds. The molecular formula is C13H15NO6. The molecule has 1 atom stereocenters. The Morgan fingerprint density at radius 1 is 1.20 bits per heavy atom. The quantitative estimate of drug-likeness (QED) is 0.555. The molecule has 0 saturated carbocycles. The normalized spacial score (nSPS) is 11.3. The number of nitrogens with one attached hydrogen (secondary N) is 1. The first-order chi connectivity index (χ1) is 9.54. The molecule has 1 aromatic rings. The van der Waals surface area contributed by atoms with Gasteiger partial charge < -0.3 is 19.9 Å². The van der Waals surface area contributed by atoms with Crippen LogP contribution in [0.2, 0.25) is 0 Å². The molecule has 0 aliphatic heterocycles. The van der Waals surface area contributed by atoms with Crippen LogP contribution in [0.25, 0.3) is 0 Å². The maximum Gasteiger partial charge on any atom is 0.356 e. The second-order valence-corrected chi connectivity index (χ2v) is 3.65. The standard InChI is InChI=1S/C13H15NO6/c1-2-19-10(15)8-20-13(18)12(17)14-11(16)9-6-4-3-5-7-9/h3-7,12,17H,2,8H2,1H3,(H,14,16). The van der Waals surface area contributed by atoms with Crippen molar-refractivity contribution in [1.29, 1.82) is 0 Å². The molecule has 7 nitrogen and oxygen atoms in total. The van der Waals surface area contributed by atoms with Crippen molar-refractivity contribution in [2.24, 2.45) is 0 Å². The topological polar surface area (TPSA) is 102 Å². The van der Waals surface area contributed by atoms with Crippen molar-refractivity contribution in [2.75, 3.05) is 13.2 Å². The Bertz CT molecular complexity index is 473. The Morgan fingerprint density at radius 2 is 1.85 bits per heavy atom. The Labute approximate surface area is 115 Å². The van der Waals surface area contributed by atoms with E-state index in [4.69, 9.17) is 0 Å². The number of carbonyl (C=O) groups is 3. The van der Waals surface area contributed by atoms with Gasteiger partial charge >= 0.3 is 11.9 Å². The van der Waals surface area contributed by atoms with E-state index < -0.39 is 30.7 Å². The summed E-state index contributed by atoms with van der Waals surface area (Å²) in [7, 11) is 0. The number of rotatable bonds is 6. The molecule has 0 bridgehead atoms. The van der Waals surface area contributed by atoms with E-state index in [0.717, 1.165) is 0 Å². The minimum Gasteiger partial charge on any atom is -0.463 e. The molecule has 1 unspecified atom stereocenters. The number of hydrogen-bond acceptors (Lipinski definition) is 6. The summed E-state index contributed by atoms with van der Waals surface area (Å²) < 4.78 is 9.01. The molecule has 1 rings (SSSR count). The van der Waals surface area contributed by atoms with Crippen LogP contribution in [0.15, 0.2) is 30.3 Å². The van der Waals surface area contributed by atoms with Crippen LogP contribution in [0.4, 0.5) is 0 Å². The average Bonchev–Trinajstić information content (AvgIpc) is 2.45. The molecule has 0 aliphatic rings. The second-order valence-electron chi connectivity index (χ2n) is 3.65. The lowest BCUT2D eigenvalue weighted by molar-refractivity contribution is -0.164. The lowest BCUT2D eigenvalue weighted by atomic mass is 10.2. The molecule has 2 N–H and O–H groups in total. The largest absolute Gasteiger partial charge is 0.463 e. The van der Waals surface area contributed by atoms with Gasteiger partial charge in [0, 0.05) is 5.56 Å². The molecule has 0 heterocycles. The van der Waals surface area contributed by atoms with Crippen LogP contribution >= 0.6 is 0 Å². The van der Waals surface area contributed by atoms with Crippen LogP contribution in [0, 0.1) is 0 Å². The molecule has 0 aromatic heterocycles. The van der Waals surface area contributed by atoms with Crippen LogP contribution < -0.4 is 5.32 Å². The predicted molar refractivity (Wildman–Crippen MR) is 67.5 cm³/mol. The molecule has 0 saturated heterocycles. The summed E-state index contributed by atoms with van der Waals surface area (Å²) in [4.78, 5) is 33.9. The van der Waals surface area contributed by atoms with Crippen molar-refractivity contribution >= 4 is 17.8 Å².